The van der Waals surface area contributed by atoms with Crippen molar-refractivity contribution in [2.24, 2.45) is 0 Å². The summed E-state index contributed by atoms with van der Waals surface area (Å²) in [6.45, 7) is 2.14. The smallest absolute Gasteiger partial charge is 0.251 e. The maximum atomic E-state index is 12.3. The Hall–Kier alpha value is -2.40. The number of hydrogen-bond donors (Lipinski definition) is 1. The lowest BCUT2D eigenvalue weighted by Crippen LogP contribution is -2.28. The lowest BCUT2D eigenvalue weighted by molar-refractivity contribution is 0.0956. The summed E-state index contributed by atoms with van der Waals surface area (Å²) in [6.07, 6.45) is 4.23. The molecule has 0 aliphatic carbocycles. The molecule has 2 aromatic carbocycles. The van der Waals surface area contributed by atoms with Gasteiger partial charge in [0, 0.05) is 41.5 Å². The molecule has 2 aromatic rings. The molecule has 0 unspecified atom stereocenters. The molecule has 0 saturated heterocycles. The molecule has 0 saturated carbocycles. The van der Waals surface area contributed by atoms with Gasteiger partial charge in [-0.15, -0.1) is 0 Å². The van der Waals surface area contributed by atoms with E-state index in [0.717, 1.165) is 23.7 Å². The minimum absolute atomic E-state index is 0.130. The van der Waals surface area contributed by atoms with E-state index in [9.17, 15) is 9.00 Å². The minimum atomic E-state index is -1.09. The fraction of sp³-hybridized carbons (Fsp3) is 0.211. The number of nitrogens with one attached hydrogen (secondary N) is 1. The van der Waals surface area contributed by atoms with E-state index >= 15 is 0 Å². The number of nitrogens with zero attached hydrogens (tertiary/aromatic N) is 1. The summed E-state index contributed by atoms with van der Waals surface area (Å²) in [5, 5.41) is 2.85. The van der Waals surface area contributed by atoms with Gasteiger partial charge >= 0.3 is 0 Å². The van der Waals surface area contributed by atoms with Crippen molar-refractivity contribution in [3.05, 3.63) is 72.3 Å². The van der Waals surface area contributed by atoms with Crippen LogP contribution in [0.25, 0.3) is 0 Å². The van der Waals surface area contributed by atoms with Crippen LogP contribution in [0.2, 0.25) is 0 Å². The summed E-state index contributed by atoms with van der Waals surface area (Å²) < 4.78 is 12.1. The van der Waals surface area contributed by atoms with Crippen LogP contribution in [0, 0.1) is 0 Å². The Labute approximate surface area is 144 Å². The molecule has 1 heterocycles. The van der Waals surface area contributed by atoms with E-state index < -0.39 is 10.8 Å². The molecule has 1 aliphatic rings. The Kier molecular flexibility index (Phi) is 5.43. The summed E-state index contributed by atoms with van der Waals surface area (Å²) >= 11 is 0. The molecule has 3 rings (SSSR count). The van der Waals surface area contributed by atoms with Crippen LogP contribution in [0.1, 0.15) is 10.4 Å². The van der Waals surface area contributed by atoms with Gasteiger partial charge in [0.15, 0.2) is 0 Å². The van der Waals surface area contributed by atoms with Crippen molar-refractivity contribution < 1.29 is 9.00 Å². The SMILES string of the molecule is O=C(NCC[S@](=O)c1ccccc1)c1cccc(N2CC=CC2)c1. The van der Waals surface area contributed by atoms with Crippen LogP contribution in [0.5, 0.6) is 0 Å². The van der Waals surface area contributed by atoms with Crippen LogP contribution < -0.4 is 10.2 Å². The van der Waals surface area contributed by atoms with Gasteiger partial charge in [-0.05, 0) is 30.3 Å². The standard InChI is InChI=1S/C19H20N2O2S/c22-19(20-11-14-24(23)18-9-2-1-3-10-18)16-7-6-8-17(15-16)21-12-4-5-13-21/h1-10,15H,11-14H2,(H,20,22)/t24-/m0/s1. The second-order valence-corrected chi connectivity index (χ2v) is 7.12. The van der Waals surface area contributed by atoms with Crippen molar-refractivity contribution in [1.82, 2.24) is 5.32 Å². The number of benzene rings is 2. The van der Waals surface area contributed by atoms with Crippen molar-refractivity contribution in [2.75, 3.05) is 30.3 Å². The predicted octanol–water partition coefficient (Wildman–Crippen LogP) is 2.60. The van der Waals surface area contributed by atoms with Crippen LogP contribution >= 0.6 is 0 Å². The Morgan fingerprint density at radius 2 is 1.79 bits per heavy atom. The van der Waals surface area contributed by atoms with Crippen LogP contribution in [0.4, 0.5) is 5.69 Å². The first-order valence-corrected chi connectivity index (χ1v) is 9.27. The van der Waals surface area contributed by atoms with E-state index in [1.165, 1.54) is 0 Å². The number of anilines is 1. The van der Waals surface area contributed by atoms with E-state index in [0.29, 0.717) is 17.9 Å². The fourth-order valence-electron chi connectivity index (χ4n) is 2.58. The molecule has 1 aliphatic heterocycles. The highest BCUT2D eigenvalue weighted by Crippen LogP contribution is 2.18. The normalized spacial score (nSPS) is 14.6. The highest BCUT2D eigenvalue weighted by atomic mass is 32.2. The van der Waals surface area contributed by atoms with Gasteiger partial charge in [-0.1, -0.05) is 36.4 Å². The molecule has 4 nitrogen and oxygen atoms in total. The summed E-state index contributed by atoms with van der Waals surface area (Å²) in [5.41, 5.74) is 1.67. The molecule has 0 bridgehead atoms. The molecule has 0 fully saturated rings. The maximum absolute atomic E-state index is 12.3. The van der Waals surface area contributed by atoms with Gasteiger partial charge in [-0.3, -0.25) is 9.00 Å². The van der Waals surface area contributed by atoms with Gasteiger partial charge in [0.2, 0.25) is 0 Å². The largest absolute Gasteiger partial charge is 0.364 e. The zero-order valence-electron chi connectivity index (χ0n) is 13.4. The van der Waals surface area contributed by atoms with Crippen LogP contribution in [0.15, 0.2) is 71.6 Å². The third kappa shape index (κ3) is 4.11. The molecular weight excluding hydrogens is 320 g/mol. The number of hydrogen-bond acceptors (Lipinski definition) is 3. The molecule has 124 valence electrons. The first-order valence-electron chi connectivity index (χ1n) is 7.96. The van der Waals surface area contributed by atoms with Gasteiger partial charge in [0.1, 0.15) is 0 Å². The van der Waals surface area contributed by atoms with Crippen molar-refractivity contribution >= 4 is 22.4 Å². The van der Waals surface area contributed by atoms with Crippen LogP contribution in [-0.4, -0.2) is 35.5 Å². The quantitative estimate of drug-likeness (QED) is 0.823. The molecule has 1 atom stereocenters. The van der Waals surface area contributed by atoms with Crippen LogP contribution in [0.3, 0.4) is 0 Å². The summed E-state index contributed by atoms with van der Waals surface area (Å²) in [6, 6.07) is 16.9. The summed E-state index contributed by atoms with van der Waals surface area (Å²) in [7, 11) is -1.09. The van der Waals surface area contributed by atoms with E-state index in [1.54, 1.807) is 6.07 Å². The molecule has 5 heteroatoms. The number of carbonyl (C=O) groups is 1. The van der Waals surface area contributed by atoms with Gasteiger partial charge in [0.25, 0.3) is 5.91 Å². The number of carbonyl (C=O) groups excluding carboxylic acids is 1. The third-order valence-electron chi connectivity index (χ3n) is 3.87. The highest BCUT2D eigenvalue weighted by molar-refractivity contribution is 7.85. The third-order valence-corrected chi connectivity index (χ3v) is 5.24. The molecule has 24 heavy (non-hydrogen) atoms. The Balaban J connectivity index is 1.53. The fourth-order valence-corrected chi connectivity index (χ4v) is 3.57. The highest BCUT2D eigenvalue weighted by Gasteiger charge is 2.11. The van der Waals surface area contributed by atoms with Gasteiger partial charge in [0.05, 0.1) is 10.8 Å². The van der Waals surface area contributed by atoms with Gasteiger partial charge in [-0.2, -0.15) is 0 Å². The lowest BCUT2D eigenvalue weighted by atomic mass is 10.1. The van der Waals surface area contributed by atoms with Crippen LogP contribution in [-0.2, 0) is 10.8 Å². The zero-order chi connectivity index (χ0) is 16.8. The molecular formula is C19H20N2O2S. The topological polar surface area (TPSA) is 49.4 Å². The molecule has 1 amide bonds. The second-order valence-electron chi connectivity index (χ2n) is 5.55. The predicted molar refractivity (Wildman–Crippen MR) is 97.8 cm³/mol. The average molecular weight is 340 g/mol. The molecule has 0 spiro atoms. The lowest BCUT2D eigenvalue weighted by Gasteiger charge is -2.18. The Bertz CT molecular complexity index is 751. The first kappa shape index (κ1) is 16.5. The summed E-state index contributed by atoms with van der Waals surface area (Å²) in [4.78, 5) is 15.3. The summed E-state index contributed by atoms with van der Waals surface area (Å²) in [5.74, 6) is 0.278. The van der Waals surface area contributed by atoms with Gasteiger partial charge in [-0.25, -0.2) is 0 Å². The molecule has 0 radical (unpaired) electrons. The van der Waals surface area contributed by atoms with Crippen molar-refractivity contribution in [3.8, 4) is 0 Å². The van der Waals surface area contributed by atoms with E-state index in [-0.39, 0.29) is 5.91 Å². The Morgan fingerprint density at radius 3 is 2.54 bits per heavy atom. The molecule has 0 aromatic heterocycles. The number of amides is 1. The second kappa shape index (κ2) is 7.93. The average Bonchev–Trinajstić information content (AvgIpc) is 3.17. The maximum Gasteiger partial charge on any atom is 0.251 e. The van der Waals surface area contributed by atoms with E-state index in [4.69, 9.17) is 0 Å². The van der Waals surface area contributed by atoms with Crippen molar-refractivity contribution in [3.63, 3.8) is 0 Å². The van der Waals surface area contributed by atoms with Gasteiger partial charge < -0.3 is 10.2 Å². The van der Waals surface area contributed by atoms with E-state index in [1.807, 2.05) is 48.5 Å². The minimum Gasteiger partial charge on any atom is -0.364 e. The monoisotopic (exact) mass is 340 g/mol. The zero-order valence-corrected chi connectivity index (χ0v) is 14.2. The number of rotatable bonds is 6. The molecule has 1 N–H and O–H groups in total. The van der Waals surface area contributed by atoms with Crippen molar-refractivity contribution in [2.45, 2.75) is 4.90 Å². The first-order chi connectivity index (χ1) is 11.7. The Morgan fingerprint density at radius 1 is 1.04 bits per heavy atom. The van der Waals surface area contributed by atoms with Crippen molar-refractivity contribution in [1.29, 1.82) is 0 Å². The van der Waals surface area contributed by atoms with E-state index in [2.05, 4.69) is 22.4 Å².